The van der Waals surface area contributed by atoms with Gasteiger partial charge >= 0.3 is 0 Å². The van der Waals surface area contributed by atoms with Crippen LogP contribution in [0.4, 0.5) is 0 Å². The van der Waals surface area contributed by atoms with Crippen LogP contribution in [0.25, 0.3) is 115 Å². The number of nitrogens with zero attached hydrogens (tertiary/aromatic N) is 4. The number of rotatable bonds is 3. The molecular formula is C53H32N4. The van der Waals surface area contributed by atoms with Gasteiger partial charge in [-0.2, -0.15) is 0 Å². The molecule has 0 saturated heterocycles. The SMILES string of the molecule is c1ccc2c(c1)ccc1c3nc4ccccn4c3c3ccc(-c4cc(-n5c6ccccc6c6ccccc65)cc(-n5c6ccccc6c6ccccc65)c4)cc3c21. The lowest BCUT2D eigenvalue weighted by atomic mass is 9.92. The molecule has 264 valence electrons. The van der Waals surface area contributed by atoms with Crippen molar-refractivity contribution in [1.29, 1.82) is 0 Å². The first-order valence-corrected chi connectivity index (χ1v) is 19.6. The van der Waals surface area contributed by atoms with Crippen LogP contribution >= 0.6 is 0 Å². The normalized spacial score (nSPS) is 12.2. The standard InChI is InChI=1S/C53H32N4/c1-2-14-38-33(13-1)24-27-44-51(38)45-31-34(25-26-43(45)53-52(44)54-50-23-11-12-28-55(50)53)35-29-36(56-46-19-7-3-15-39(46)40-16-4-8-20-47(40)56)32-37(30-35)57-48-21-9-5-17-41(48)42-18-6-10-22-49(42)57/h1-32H. The summed E-state index contributed by atoms with van der Waals surface area (Å²) in [5.41, 5.74) is 12.4. The first-order chi connectivity index (χ1) is 28.3. The van der Waals surface area contributed by atoms with Crippen LogP contribution in [0.5, 0.6) is 0 Å². The minimum atomic E-state index is 0.952. The Labute approximate surface area is 326 Å². The highest BCUT2D eigenvalue weighted by Crippen LogP contribution is 2.42. The third-order valence-corrected chi connectivity index (χ3v) is 12.2. The number of benzene rings is 9. The summed E-state index contributed by atoms with van der Waals surface area (Å²) < 4.78 is 7.13. The van der Waals surface area contributed by atoms with Gasteiger partial charge in [0.25, 0.3) is 0 Å². The molecular weight excluding hydrogens is 693 g/mol. The van der Waals surface area contributed by atoms with Gasteiger partial charge in [-0.25, -0.2) is 4.98 Å². The maximum absolute atomic E-state index is 5.22. The van der Waals surface area contributed by atoms with Crippen molar-refractivity contribution in [3.8, 4) is 22.5 Å². The van der Waals surface area contributed by atoms with Gasteiger partial charge in [0, 0.05) is 49.9 Å². The van der Waals surface area contributed by atoms with Gasteiger partial charge in [-0.3, -0.25) is 4.40 Å². The summed E-state index contributed by atoms with van der Waals surface area (Å²) in [6, 6.07) is 68.8. The van der Waals surface area contributed by atoms with Crippen molar-refractivity contribution in [2.24, 2.45) is 0 Å². The predicted octanol–water partition coefficient (Wildman–Crippen LogP) is 13.8. The lowest BCUT2D eigenvalue weighted by Crippen LogP contribution is -2.00. The summed E-state index contributed by atoms with van der Waals surface area (Å²) >= 11 is 0. The van der Waals surface area contributed by atoms with Crippen molar-refractivity contribution in [1.82, 2.24) is 18.5 Å². The average molecular weight is 725 g/mol. The molecule has 0 radical (unpaired) electrons. The van der Waals surface area contributed by atoms with Crippen molar-refractivity contribution in [2.45, 2.75) is 0 Å². The molecule has 0 spiro atoms. The summed E-state index contributed by atoms with van der Waals surface area (Å²) in [4.78, 5) is 5.22. The van der Waals surface area contributed by atoms with Gasteiger partial charge in [-0.15, -0.1) is 0 Å². The zero-order chi connectivity index (χ0) is 37.2. The van der Waals surface area contributed by atoms with E-state index >= 15 is 0 Å². The Bertz CT molecular complexity index is 3580. The van der Waals surface area contributed by atoms with E-state index in [9.17, 15) is 0 Å². The van der Waals surface area contributed by atoms with E-state index in [1.807, 2.05) is 0 Å². The van der Waals surface area contributed by atoms with Crippen LogP contribution in [0.1, 0.15) is 0 Å². The lowest BCUT2D eigenvalue weighted by Gasteiger charge is -2.17. The highest BCUT2D eigenvalue weighted by atomic mass is 15.0. The maximum atomic E-state index is 5.22. The fraction of sp³-hybridized carbons (Fsp3) is 0. The molecule has 13 aromatic rings. The Morgan fingerprint density at radius 2 is 0.877 bits per heavy atom. The molecule has 0 aliphatic heterocycles. The van der Waals surface area contributed by atoms with Crippen molar-refractivity contribution in [3.05, 3.63) is 194 Å². The van der Waals surface area contributed by atoms with Crippen LogP contribution in [-0.4, -0.2) is 18.5 Å². The van der Waals surface area contributed by atoms with E-state index in [2.05, 4.69) is 208 Å². The largest absolute Gasteiger partial charge is 0.309 e. The monoisotopic (exact) mass is 724 g/mol. The summed E-state index contributed by atoms with van der Waals surface area (Å²) in [5.74, 6) is 0. The minimum Gasteiger partial charge on any atom is -0.309 e. The Kier molecular flexibility index (Phi) is 6.13. The number of imidazole rings is 1. The summed E-state index contributed by atoms with van der Waals surface area (Å²) in [6.45, 7) is 0. The number of pyridine rings is 1. The van der Waals surface area contributed by atoms with Crippen LogP contribution in [0, 0.1) is 0 Å². The van der Waals surface area contributed by atoms with E-state index in [1.165, 1.54) is 75.9 Å². The van der Waals surface area contributed by atoms with Crippen molar-refractivity contribution < 1.29 is 0 Å². The van der Waals surface area contributed by atoms with Crippen molar-refractivity contribution in [3.63, 3.8) is 0 Å². The summed E-state index contributed by atoms with van der Waals surface area (Å²) in [7, 11) is 0. The lowest BCUT2D eigenvalue weighted by molar-refractivity contribution is 1.13. The average Bonchev–Trinajstić information content (AvgIpc) is 3.94. The molecule has 4 heteroatoms. The second-order valence-electron chi connectivity index (χ2n) is 15.2. The number of hydrogen-bond donors (Lipinski definition) is 0. The van der Waals surface area contributed by atoms with Crippen LogP contribution < -0.4 is 0 Å². The second-order valence-corrected chi connectivity index (χ2v) is 15.2. The molecule has 0 aliphatic rings. The van der Waals surface area contributed by atoms with Gasteiger partial charge in [-0.05, 0) is 93.3 Å². The maximum Gasteiger partial charge on any atom is 0.137 e. The molecule has 0 fully saturated rings. The highest BCUT2D eigenvalue weighted by Gasteiger charge is 2.20. The smallest absolute Gasteiger partial charge is 0.137 e. The molecule has 0 amide bonds. The van der Waals surface area contributed by atoms with E-state index in [0.29, 0.717) is 0 Å². The van der Waals surface area contributed by atoms with Crippen LogP contribution in [-0.2, 0) is 0 Å². The zero-order valence-corrected chi connectivity index (χ0v) is 30.8. The van der Waals surface area contributed by atoms with E-state index < -0.39 is 0 Å². The van der Waals surface area contributed by atoms with Gasteiger partial charge < -0.3 is 9.13 Å². The molecule has 0 N–H and O–H groups in total. The quantitative estimate of drug-likeness (QED) is 0.167. The highest BCUT2D eigenvalue weighted by molar-refractivity contribution is 6.31. The summed E-state index contributed by atoms with van der Waals surface area (Å²) in [6.07, 6.45) is 2.14. The third-order valence-electron chi connectivity index (χ3n) is 12.2. The summed E-state index contributed by atoms with van der Waals surface area (Å²) in [5, 5.41) is 12.3. The van der Waals surface area contributed by atoms with E-state index in [-0.39, 0.29) is 0 Å². The molecule has 4 heterocycles. The van der Waals surface area contributed by atoms with Crippen molar-refractivity contribution >= 4 is 92.6 Å². The fourth-order valence-electron chi connectivity index (χ4n) is 9.76. The molecule has 0 aliphatic carbocycles. The van der Waals surface area contributed by atoms with E-state index in [4.69, 9.17) is 4.98 Å². The van der Waals surface area contributed by atoms with Crippen LogP contribution in [0.3, 0.4) is 0 Å². The Morgan fingerprint density at radius 3 is 1.49 bits per heavy atom. The first-order valence-electron chi connectivity index (χ1n) is 19.6. The van der Waals surface area contributed by atoms with E-state index in [0.717, 1.165) is 39.2 Å². The Morgan fingerprint density at radius 1 is 0.351 bits per heavy atom. The number of hydrogen-bond acceptors (Lipinski definition) is 1. The van der Waals surface area contributed by atoms with Gasteiger partial charge in [0.2, 0.25) is 0 Å². The predicted molar refractivity (Wildman–Crippen MR) is 239 cm³/mol. The minimum absolute atomic E-state index is 0.952. The topological polar surface area (TPSA) is 27.2 Å². The third kappa shape index (κ3) is 4.24. The molecule has 9 aromatic carbocycles. The Balaban J connectivity index is 1.17. The molecule has 4 aromatic heterocycles. The number of para-hydroxylation sites is 4. The van der Waals surface area contributed by atoms with Crippen LogP contribution in [0.2, 0.25) is 0 Å². The molecule has 57 heavy (non-hydrogen) atoms. The van der Waals surface area contributed by atoms with Gasteiger partial charge in [0.1, 0.15) is 5.65 Å². The van der Waals surface area contributed by atoms with Crippen LogP contribution in [0.15, 0.2) is 194 Å². The fourth-order valence-corrected chi connectivity index (χ4v) is 9.76. The molecule has 0 bridgehead atoms. The van der Waals surface area contributed by atoms with E-state index in [1.54, 1.807) is 0 Å². The molecule has 0 saturated carbocycles. The molecule has 13 rings (SSSR count). The number of fused-ring (bicyclic) bond motifs is 16. The second kappa shape index (κ2) is 11.4. The molecule has 0 atom stereocenters. The Hall–Kier alpha value is -7.69. The van der Waals surface area contributed by atoms with Gasteiger partial charge in [0.05, 0.1) is 33.1 Å². The number of aromatic nitrogens is 4. The first kappa shape index (κ1) is 30.6. The van der Waals surface area contributed by atoms with Gasteiger partial charge in [0.15, 0.2) is 0 Å². The van der Waals surface area contributed by atoms with Gasteiger partial charge in [-0.1, -0.05) is 127 Å². The molecule has 4 nitrogen and oxygen atoms in total. The molecule has 0 unspecified atom stereocenters. The zero-order valence-electron chi connectivity index (χ0n) is 30.8. The van der Waals surface area contributed by atoms with Crippen molar-refractivity contribution in [2.75, 3.05) is 0 Å².